The van der Waals surface area contributed by atoms with Gasteiger partial charge in [-0.25, -0.2) is 0 Å². The number of quaternary nitrogens is 2. The maximum absolute atomic E-state index is 12.0. The number of aromatic hydroxyl groups is 1. The van der Waals surface area contributed by atoms with Crippen LogP contribution in [-0.4, -0.2) is 52.2 Å². The third kappa shape index (κ3) is 1.74. The maximum atomic E-state index is 12.0. The van der Waals surface area contributed by atoms with Crippen LogP contribution in [0.25, 0.3) is 0 Å². The molecule has 1 aromatic carbocycles. The summed E-state index contributed by atoms with van der Waals surface area (Å²) in [7, 11) is 0. The monoisotopic (exact) mass is 350 g/mol. The average molecular weight is 350 g/mol. The van der Waals surface area contributed by atoms with Crippen LogP contribution in [0.1, 0.15) is 25.6 Å². The normalized spacial score (nSPS) is 40.8. The standard InChI is InChI=1S/C16H20N4O5/c1-14(2)15(19(22)23)7-17-9-16(14,20(24)25)10-18(8-15)13(17)11-3-5-12(21)6-4-11/h3-6,13,21H,7-10H2,1-2H3/p+2. The Morgan fingerprint density at radius 3 is 1.72 bits per heavy atom. The van der Waals surface area contributed by atoms with E-state index in [2.05, 4.69) is 0 Å². The van der Waals surface area contributed by atoms with Gasteiger partial charge in [0.2, 0.25) is 6.17 Å². The molecule has 3 N–H and O–H groups in total. The predicted molar refractivity (Wildman–Crippen MR) is 85.5 cm³/mol. The van der Waals surface area contributed by atoms with E-state index in [0.717, 1.165) is 15.4 Å². The molecule has 4 bridgehead atoms. The van der Waals surface area contributed by atoms with Crippen LogP contribution in [0.15, 0.2) is 24.3 Å². The van der Waals surface area contributed by atoms with Crippen LogP contribution in [0, 0.1) is 25.6 Å². The number of benzene rings is 1. The molecule has 4 saturated heterocycles. The second kappa shape index (κ2) is 4.67. The first-order valence-electron chi connectivity index (χ1n) is 8.42. The van der Waals surface area contributed by atoms with Crippen LogP contribution in [0.5, 0.6) is 5.75 Å². The molecule has 4 aliphatic heterocycles. The van der Waals surface area contributed by atoms with Gasteiger partial charge in [-0.3, -0.25) is 30.0 Å². The van der Waals surface area contributed by atoms with E-state index in [-0.39, 0.29) is 47.9 Å². The smallest absolute Gasteiger partial charge is 0.329 e. The van der Waals surface area contributed by atoms with Crippen LogP contribution in [0.2, 0.25) is 0 Å². The van der Waals surface area contributed by atoms with Crippen LogP contribution in [0.4, 0.5) is 0 Å². The summed E-state index contributed by atoms with van der Waals surface area (Å²) in [4.78, 5) is 25.3. The van der Waals surface area contributed by atoms with E-state index in [1.54, 1.807) is 26.0 Å². The van der Waals surface area contributed by atoms with Crippen molar-refractivity contribution in [3.05, 3.63) is 50.1 Å². The molecule has 1 aromatic rings. The van der Waals surface area contributed by atoms with Gasteiger partial charge >= 0.3 is 11.1 Å². The Morgan fingerprint density at radius 2 is 1.36 bits per heavy atom. The lowest BCUT2D eigenvalue weighted by atomic mass is 9.53. The third-order valence-electron chi connectivity index (χ3n) is 7.15. The van der Waals surface area contributed by atoms with Crippen LogP contribution in [0.3, 0.4) is 0 Å². The van der Waals surface area contributed by atoms with Crippen molar-refractivity contribution < 1.29 is 24.8 Å². The lowest BCUT2D eigenvalue weighted by Gasteiger charge is -2.60. The van der Waals surface area contributed by atoms with Crippen molar-refractivity contribution in [3.63, 3.8) is 0 Å². The van der Waals surface area contributed by atoms with E-state index in [9.17, 15) is 25.3 Å². The summed E-state index contributed by atoms with van der Waals surface area (Å²) in [6.07, 6.45) is -0.0714. The predicted octanol–water partition coefficient (Wildman–Crippen LogP) is -1.74. The fraction of sp³-hybridized carbons (Fsp3) is 0.625. The molecule has 0 atom stereocenters. The molecule has 4 heterocycles. The molecular formula is C16H22N4O5+2. The maximum Gasteiger partial charge on any atom is 0.329 e. The van der Waals surface area contributed by atoms with Gasteiger partial charge in [0.1, 0.15) is 11.2 Å². The van der Waals surface area contributed by atoms with Crippen molar-refractivity contribution in [1.82, 2.24) is 0 Å². The lowest BCUT2D eigenvalue weighted by molar-refractivity contribution is -1.20. The molecule has 0 radical (unpaired) electrons. The number of nitrogens with one attached hydrogen (secondary N) is 2. The molecule has 9 nitrogen and oxygen atoms in total. The zero-order valence-electron chi connectivity index (χ0n) is 14.2. The van der Waals surface area contributed by atoms with Crippen molar-refractivity contribution >= 4 is 0 Å². The summed E-state index contributed by atoms with van der Waals surface area (Å²) in [5.41, 5.74) is -2.65. The Labute approximate surface area is 144 Å². The van der Waals surface area contributed by atoms with E-state index in [0.29, 0.717) is 0 Å². The highest BCUT2D eigenvalue weighted by atomic mass is 16.6. The fourth-order valence-corrected chi connectivity index (χ4v) is 5.62. The van der Waals surface area contributed by atoms with Gasteiger partial charge in [-0.05, 0) is 38.1 Å². The van der Waals surface area contributed by atoms with E-state index in [4.69, 9.17) is 0 Å². The second-order valence-electron chi connectivity index (χ2n) is 8.25. The average Bonchev–Trinajstić information content (AvgIpc) is 2.52. The molecule has 5 rings (SSSR count). The van der Waals surface area contributed by atoms with E-state index in [1.807, 2.05) is 12.1 Å². The number of hydrogen-bond acceptors (Lipinski definition) is 5. The van der Waals surface area contributed by atoms with Gasteiger partial charge in [0.25, 0.3) is 0 Å². The van der Waals surface area contributed by atoms with Gasteiger partial charge in [-0.2, -0.15) is 0 Å². The molecule has 4 aliphatic rings. The number of hydrogen-bond donors (Lipinski definition) is 3. The zero-order chi connectivity index (χ0) is 18.2. The third-order valence-corrected chi connectivity index (χ3v) is 7.15. The van der Waals surface area contributed by atoms with Crippen molar-refractivity contribution in [2.75, 3.05) is 26.2 Å². The van der Waals surface area contributed by atoms with Crippen molar-refractivity contribution in [2.45, 2.75) is 31.1 Å². The molecule has 0 unspecified atom stereocenters. The summed E-state index contributed by atoms with van der Waals surface area (Å²) >= 11 is 0. The van der Waals surface area contributed by atoms with Gasteiger partial charge in [0.15, 0.2) is 26.2 Å². The van der Waals surface area contributed by atoms with Gasteiger partial charge in [0.05, 0.1) is 5.56 Å². The number of phenols is 1. The van der Waals surface area contributed by atoms with Crippen molar-refractivity contribution in [2.24, 2.45) is 5.41 Å². The second-order valence-corrected chi connectivity index (χ2v) is 8.25. The Morgan fingerprint density at radius 1 is 0.960 bits per heavy atom. The van der Waals surface area contributed by atoms with Gasteiger partial charge in [-0.15, -0.1) is 0 Å². The lowest BCUT2D eigenvalue weighted by Crippen LogP contribution is -3.43. The largest absolute Gasteiger partial charge is 0.508 e. The minimum atomic E-state index is -1.30. The van der Waals surface area contributed by atoms with Crippen LogP contribution < -0.4 is 9.80 Å². The molecule has 0 aliphatic carbocycles. The summed E-state index contributed by atoms with van der Waals surface area (Å²) in [6.45, 7) is 4.56. The van der Waals surface area contributed by atoms with E-state index < -0.39 is 16.5 Å². The Hall–Kier alpha value is -2.26. The van der Waals surface area contributed by atoms with Crippen molar-refractivity contribution in [1.29, 1.82) is 0 Å². The van der Waals surface area contributed by atoms with E-state index in [1.165, 1.54) is 0 Å². The highest BCUT2D eigenvalue weighted by Crippen LogP contribution is 2.48. The first-order valence-corrected chi connectivity index (χ1v) is 8.42. The Kier molecular flexibility index (Phi) is 3.03. The number of phenolic OH excluding ortho intramolecular Hbond substituents is 1. The number of nitro groups is 2. The van der Waals surface area contributed by atoms with E-state index >= 15 is 0 Å². The molecule has 0 saturated carbocycles. The molecule has 134 valence electrons. The summed E-state index contributed by atoms with van der Waals surface area (Å²) in [5.74, 6) is 0.159. The number of piperidine rings is 2. The minimum absolute atomic E-state index is 0.0714. The summed E-state index contributed by atoms with van der Waals surface area (Å²) in [5, 5.41) is 33.6. The Balaban J connectivity index is 1.83. The highest BCUT2D eigenvalue weighted by Gasteiger charge is 2.87. The topological polar surface area (TPSA) is 115 Å². The van der Waals surface area contributed by atoms with Gasteiger partial charge < -0.3 is 5.11 Å². The molecule has 0 amide bonds. The first-order chi connectivity index (χ1) is 11.6. The molecular weight excluding hydrogens is 328 g/mol. The quantitative estimate of drug-likeness (QED) is 0.442. The first kappa shape index (κ1) is 16.2. The van der Waals surface area contributed by atoms with Gasteiger partial charge in [-0.1, -0.05) is 0 Å². The van der Waals surface area contributed by atoms with Crippen LogP contribution >= 0.6 is 0 Å². The highest BCUT2D eigenvalue weighted by molar-refractivity contribution is 5.27. The molecule has 0 spiro atoms. The zero-order valence-corrected chi connectivity index (χ0v) is 14.2. The Bertz CT molecular complexity index is 710. The fourth-order valence-electron chi connectivity index (χ4n) is 5.62. The minimum Gasteiger partial charge on any atom is -0.508 e. The molecule has 25 heavy (non-hydrogen) atoms. The molecule has 4 fully saturated rings. The molecule has 9 heteroatoms. The number of rotatable bonds is 3. The van der Waals surface area contributed by atoms with Gasteiger partial charge in [0, 0.05) is 9.85 Å². The SMILES string of the molecule is CC1(C)C2([N+](=O)[O-])C[NH+]3CC1([N+](=O)[O-])C[NH+](C2)C3c1ccc(O)cc1. The summed E-state index contributed by atoms with van der Waals surface area (Å²) in [6, 6.07) is 6.81. The van der Waals surface area contributed by atoms with Crippen molar-refractivity contribution in [3.8, 4) is 5.75 Å². The number of nitrogens with zero attached hydrogens (tertiary/aromatic N) is 2. The molecule has 0 aromatic heterocycles. The van der Waals surface area contributed by atoms with Crippen LogP contribution in [-0.2, 0) is 0 Å². The summed E-state index contributed by atoms with van der Waals surface area (Å²) < 4.78 is 0.